The zero-order chi connectivity index (χ0) is 20.9. The Morgan fingerprint density at radius 3 is 2.46 bits per heavy atom. The van der Waals surface area contributed by atoms with Crippen molar-refractivity contribution in [1.82, 2.24) is 15.1 Å². The van der Waals surface area contributed by atoms with E-state index >= 15 is 0 Å². The minimum atomic E-state index is -3.49. The van der Waals surface area contributed by atoms with Crippen LogP contribution in [0.25, 0.3) is 0 Å². The van der Waals surface area contributed by atoms with Crippen LogP contribution in [-0.4, -0.2) is 47.6 Å². The quantitative estimate of drug-likeness (QED) is 0.385. The summed E-state index contributed by atoms with van der Waals surface area (Å²) < 4.78 is 30.8. The largest absolute Gasteiger partial charge is 0.394 e. The van der Waals surface area contributed by atoms with E-state index in [4.69, 9.17) is 4.52 Å². The third kappa shape index (κ3) is 6.95. The van der Waals surface area contributed by atoms with Gasteiger partial charge >= 0.3 is 0 Å². The van der Waals surface area contributed by atoms with E-state index in [0.717, 1.165) is 29.7 Å². The van der Waals surface area contributed by atoms with E-state index in [9.17, 15) is 13.5 Å². The first-order valence-electron chi connectivity index (χ1n) is 8.86. The summed E-state index contributed by atoms with van der Waals surface area (Å²) >= 11 is 1.35. The molecule has 2 heterocycles. The number of nitrogens with zero attached hydrogens (tertiary/aromatic N) is 3. The van der Waals surface area contributed by atoms with Gasteiger partial charge in [0.25, 0.3) is 0 Å². The summed E-state index contributed by atoms with van der Waals surface area (Å²) in [6.07, 6.45) is 1.81. The van der Waals surface area contributed by atoms with Crippen LogP contribution in [0.1, 0.15) is 37.3 Å². The van der Waals surface area contributed by atoms with Crippen molar-refractivity contribution in [3.63, 3.8) is 0 Å². The molecule has 156 valence electrons. The number of sulfonamides is 1. The minimum Gasteiger partial charge on any atom is -0.394 e. The zero-order valence-electron chi connectivity index (χ0n) is 16.7. The summed E-state index contributed by atoms with van der Waals surface area (Å²) in [5.74, 6) is 2.27. The summed E-state index contributed by atoms with van der Waals surface area (Å²) in [7, 11) is -3.49. The third-order valence-electron chi connectivity index (χ3n) is 3.85. The van der Waals surface area contributed by atoms with Crippen LogP contribution in [0.5, 0.6) is 0 Å². The summed E-state index contributed by atoms with van der Waals surface area (Å²) in [6, 6.07) is 1.32. The fraction of sp³-hybridized carbons (Fsp3) is 0.588. The number of aliphatic hydroxyl groups is 1. The highest BCUT2D eigenvalue weighted by molar-refractivity contribution is 7.98. The molecule has 1 atom stereocenters. The fourth-order valence-electron chi connectivity index (χ4n) is 2.61. The van der Waals surface area contributed by atoms with Crippen molar-refractivity contribution in [3.05, 3.63) is 23.1 Å². The smallest absolute Gasteiger partial charge is 0.230 e. The lowest BCUT2D eigenvalue weighted by Crippen LogP contribution is -2.26. The molecule has 2 aromatic rings. The summed E-state index contributed by atoms with van der Waals surface area (Å²) in [6.45, 7) is 7.76. The Morgan fingerprint density at radius 1 is 1.25 bits per heavy atom. The van der Waals surface area contributed by atoms with Gasteiger partial charge in [-0.05, 0) is 26.2 Å². The molecule has 28 heavy (non-hydrogen) atoms. The Morgan fingerprint density at radius 2 is 1.93 bits per heavy atom. The second-order valence-corrected chi connectivity index (χ2v) is 9.73. The lowest BCUT2D eigenvalue weighted by atomic mass is 10.0. The van der Waals surface area contributed by atoms with Crippen LogP contribution in [-0.2, 0) is 15.8 Å². The van der Waals surface area contributed by atoms with Gasteiger partial charge < -0.3 is 14.9 Å². The van der Waals surface area contributed by atoms with Gasteiger partial charge in [-0.2, -0.15) is 0 Å². The summed E-state index contributed by atoms with van der Waals surface area (Å²) in [4.78, 5) is 8.74. The standard InChI is InChI=1S/C17H27N5O4S2/c1-10(2)6-13(8-23)18-15-7-16(22-28(5,24)25)20-17(19-15)27-9-14-11(3)21-26-12(14)4/h7,10,13,23H,6,8-9H2,1-5H3,(H2,18,19,20,22)/t13-/m1/s1. The van der Waals surface area contributed by atoms with E-state index in [0.29, 0.717) is 22.6 Å². The molecule has 2 rings (SSSR count). The van der Waals surface area contributed by atoms with Crippen LogP contribution in [0.3, 0.4) is 0 Å². The molecule has 0 fully saturated rings. The molecule has 0 saturated carbocycles. The lowest BCUT2D eigenvalue weighted by Gasteiger charge is -2.19. The maximum absolute atomic E-state index is 11.6. The van der Waals surface area contributed by atoms with Crippen LogP contribution in [0.2, 0.25) is 0 Å². The van der Waals surface area contributed by atoms with Crippen LogP contribution < -0.4 is 10.0 Å². The Hall–Kier alpha value is -1.85. The number of aryl methyl sites for hydroxylation is 2. The topological polar surface area (TPSA) is 130 Å². The van der Waals surface area contributed by atoms with Crippen molar-refractivity contribution in [2.24, 2.45) is 5.92 Å². The predicted molar refractivity (Wildman–Crippen MR) is 110 cm³/mol. The van der Waals surface area contributed by atoms with Gasteiger partial charge in [-0.15, -0.1) is 0 Å². The maximum Gasteiger partial charge on any atom is 0.230 e. The Balaban J connectivity index is 2.26. The molecule has 2 aromatic heterocycles. The molecule has 0 aromatic carbocycles. The van der Waals surface area contributed by atoms with Gasteiger partial charge in [-0.3, -0.25) is 4.72 Å². The maximum atomic E-state index is 11.6. The highest BCUT2D eigenvalue weighted by Gasteiger charge is 2.15. The van der Waals surface area contributed by atoms with Crippen molar-refractivity contribution in [3.8, 4) is 0 Å². The van der Waals surface area contributed by atoms with Gasteiger partial charge in [-0.25, -0.2) is 18.4 Å². The molecule has 3 N–H and O–H groups in total. The van der Waals surface area contributed by atoms with Crippen molar-refractivity contribution >= 4 is 33.4 Å². The van der Waals surface area contributed by atoms with E-state index in [-0.39, 0.29) is 18.5 Å². The van der Waals surface area contributed by atoms with Gasteiger partial charge in [0.15, 0.2) is 5.16 Å². The predicted octanol–water partition coefficient (Wildman–Crippen LogP) is 2.56. The molecule has 9 nitrogen and oxygen atoms in total. The second-order valence-electron chi connectivity index (χ2n) is 7.04. The average Bonchev–Trinajstić information content (AvgIpc) is 2.88. The molecule has 0 aliphatic carbocycles. The van der Waals surface area contributed by atoms with Gasteiger partial charge in [0, 0.05) is 17.4 Å². The van der Waals surface area contributed by atoms with Gasteiger partial charge in [0.2, 0.25) is 10.0 Å². The first-order chi connectivity index (χ1) is 13.1. The Kier molecular flexibility index (Phi) is 7.67. The highest BCUT2D eigenvalue weighted by atomic mass is 32.2. The van der Waals surface area contributed by atoms with Crippen LogP contribution >= 0.6 is 11.8 Å². The molecule has 0 unspecified atom stereocenters. The number of hydrogen-bond acceptors (Lipinski definition) is 9. The molecular formula is C17H27N5O4S2. The average molecular weight is 430 g/mol. The van der Waals surface area contributed by atoms with Crippen molar-refractivity contribution in [2.75, 3.05) is 22.9 Å². The van der Waals surface area contributed by atoms with E-state index in [1.54, 1.807) is 0 Å². The first kappa shape index (κ1) is 22.4. The number of thioether (sulfide) groups is 1. The van der Waals surface area contributed by atoms with Gasteiger partial charge in [0.05, 0.1) is 24.6 Å². The van der Waals surface area contributed by atoms with E-state index < -0.39 is 10.0 Å². The summed E-state index contributed by atoms with van der Waals surface area (Å²) in [5.41, 5.74) is 1.75. The van der Waals surface area contributed by atoms with Crippen molar-refractivity contribution in [1.29, 1.82) is 0 Å². The van der Waals surface area contributed by atoms with Crippen LogP contribution in [0.15, 0.2) is 15.7 Å². The molecule has 0 saturated heterocycles. The Bertz CT molecular complexity index is 879. The second kappa shape index (κ2) is 9.57. The molecule has 0 aliphatic heterocycles. The highest BCUT2D eigenvalue weighted by Crippen LogP contribution is 2.26. The van der Waals surface area contributed by atoms with Crippen molar-refractivity contribution in [2.45, 2.75) is 51.1 Å². The Labute approximate surface area is 169 Å². The molecule has 0 aliphatic rings. The first-order valence-corrected chi connectivity index (χ1v) is 11.7. The molecular weight excluding hydrogens is 402 g/mol. The number of anilines is 2. The van der Waals surface area contributed by atoms with Gasteiger partial charge in [0.1, 0.15) is 17.4 Å². The number of aromatic nitrogens is 3. The zero-order valence-corrected chi connectivity index (χ0v) is 18.3. The third-order valence-corrected chi connectivity index (χ3v) is 5.30. The van der Waals surface area contributed by atoms with Crippen LogP contribution in [0.4, 0.5) is 11.6 Å². The fourth-order valence-corrected chi connectivity index (χ4v) is 4.10. The van der Waals surface area contributed by atoms with Crippen LogP contribution in [0, 0.1) is 19.8 Å². The van der Waals surface area contributed by atoms with E-state index in [1.807, 2.05) is 13.8 Å². The molecule has 0 radical (unpaired) electrons. The van der Waals surface area contributed by atoms with E-state index in [1.165, 1.54) is 17.8 Å². The van der Waals surface area contributed by atoms with Gasteiger partial charge in [-0.1, -0.05) is 30.8 Å². The molecule has 0 amide bonds. The molecule has 0 spiro atoms. The number of aliphatic hydroxyl groups excluding tert-OH is 1. The monoisotopic (exact) mass is 429 g/mol. The van der Waals surface area contributed by atoms with Crippen molar-refractivity contribution < 1.29 is 18.0 Å². The number of rotatable bonds is 10. The SMILES string of the molecule is Cc1noc(C)c1CSc1nc(N[C@@H](CO)CC(C)C)cc(NS(C)(=O)=O)n1. The summed E-state index contributed by atoms with van der Waals surface area (Å²) in [5, 5.41) is 17.1. The normalized spacial score (nSPS) is 13.0. The minimum absolute atomic E-state index is 0.0570. The molecule has 11 heteroatoms. The van der Waals surface area contributed by atoms with E-state index in [2.05, 4.69) is 39.0 Å². The lowest BCUT2D eigenvalue weighted by molar-refractivity contribution is 0.259. The molecule has 0 bridgehead atoms. The number of nitrogens with one attached hydrogen (secondary N) is 2. The number of hydrogen-bond donors (Lipinski definition) is 3.